The van der Waals surface area contributed by atoms with Crippen molar-refractivity contribution in [2.24, 2.45) is 0 Å². The van der Waals surface area contributed by atoms with Crippen molar-refractivity contribution in [3.05, 3.63) is 57.6 Å². The lowest BCUT2D eigenvalue weighted by molar-refractivity contribution is 0.589. The minimum Gasteiger partial charge on any atom is -0.310 e. The fourth-order valence-corrected chi connectivity index (χ4v) is 2.40. The van der Waals surface area contributed by atoms with Crippen molar-refractivity contribution in [2.45, 2.75) is 33.4 Å². The molecule has 1 N–H and O–H groups in total. The summed E-state index contributed by atoms with van der Waals surface area (Å²) in [5, 5.41) is 4.96. The summed E-state index contributed by atoms with van der Waals surface area (Å²) >= 11 is 12.4. The first-order valence-corrected chi connectivity index (χ1v) is 7.51. The Hall–Kier alpha value is -1.02. The molecule has 0 bridgehead atoms. The fourth-order valence-electron chi connectivity index (χ4n) is 2.05. The van der Waals surface area contributed by atoms with Crippen LogP contribution < -0.4 is 5.32 Å². The second kappa shape index (κ2) is 6.62. The SMILES string of the molecule is Cc1ccc(-c2cc(Cl)ccc2CNC(C)C)cc1Cl. The summed E-state index contributed by atoms with van der Waals surface area (Å²) in [5.74, 6) is 0. The molecular formula is C17H19Cl2N. The van der Waals surface area contributed by atoms with Gasteiger partial charge in [-0.15, -0.1) is 0 Å². The van der Waals surface area contributed by atoms with Crippen LogP contribution in [0.2, 0.25) is 10.0 Å². The largest absolute Gasteiger partial charge is 0.310 e. The van der Waals surface area contributed by atoms with E-state index in [4.69, 9.17) is 23.2 Å². The van der Waals surface area contributed by atoms with E-state index in [1.807, 2.05) is 31.2 Å². The summed E-state index contributed by atoms with van der Waals surface area (Å²) in [6.07, 6.45) is 0. The highest BCUT2D eigenvalue weighted by Gasteiger charge is 2.08. The summed E-state index contributed by atoms with van der Waals surface area (Å²) in [6.45, 7) is 7.09. The van der Waals surface area contributed by atoms with Crippen LogP contribution >= 0.6 is 23.2 Å². The molecule has 0 aromatic heterocycles. The molecule has 2 rings (SSSR count). The number of hydrogen-bond donors (Lipinski definition) is 1. The number of rotatable bonds is 4. The molecule has 3 heteroatoms. The van der Waals surface area contributed by atoms with Crippen LogP contribution in [0.5, 0.6) is 0 Å². The van der Waals surface area contributed by atoms with Gasteiger partial charge >= 0.3 is 0 Å². The lowest BCUT2D eigenvalue weighted by Gasteiger charge is -2.14. The van der Waals surface area contributed by atoms with E-state index in [-0.39, 0.29) is 0 Å². The second-order valence-electron chi connectivity index (χ2n) is 5.30. The summed E-state index contributed by atoms with van der Waals surface area (Å²) < 4.78 is 0. The Morgan fingerprint density at radius 3 is 2.45 bits per heavy atom. The van der Waals surface area contributed by atoms with Crippen LogP contribution in [0.15, 0.2) is 36.4 Å². The first-order valence-electron chi connectivity index (χ1n) is 6.75. The van der Waals surface area contributed by atoms with Crippen LogP contribution in [0.3, 0.4) is 0 Å². The maximum absolute atomic E-state index is 6.23. The van der Waals surface area contributed by atoms with Crippen LogP contribution in [-0.4, -0.2) is 6.04 Å². The highest BCUT2D eigenvalue weighted by Crippen LogP contribution is 2.30. The van der Waals surface area contributed by atoms with E-state index >= 15 is 0 Å². The monoisotopic (exact) mass is 307 g/mol. The number of aryl methyl sites for hydroxylation is 1. The van der Waals surface area contributed by atoms with E-state index in [9.17, 15) is 0 Å². The van der Waals surface area contributed by atoms with Crippen molar-refractivity contribution >= 4 is 23.2 Å². The van der Waals surface area contributed by atoms with Gasteiger partial charge in [-0.3, -0.25) is 0 Å². The number of benzene rings is 2. The number of nitrogens with one attached hydrogen (secondary N) is 1. The molecule has 0 unspecified atom stereocenters. The molecule has 0 radical (unpaired) electrons. The van der Waals surface area contributed by atoms with Gasteiger partial charge in [0.1, 0.15) is 0 Å². The molecule has 0 aliphatic carbocycles. The highest BCUT2D eigenvalue weighted by atomic mass is 35.5. The molecule has 0 saturated heterocycles. The van der Waals surface area contributed by atoms with Gasteiger partial charge in [0.2, 0.25) is 0 Å². The topological polar surface area (TPSA) is 12.0 Å². The highest BCUT2D eigenvalue weighted by molar-refractivity contribution is 6.32. The van der Waals surface area contributed by atoms with Crippen LogP contribution in [-0.2, 0) is 6.54 Å². The maximum atomic E-state index is 6.23. The molecule has 106 valence electrons. The molecule has 2 aromatic rings. The summed E-state index contributed by atoms with van der Waals surface area (Å²) in [6, 6.07) is 12.6. The van der Waals surface area contributed by atoms with Gasteiger partial charge in [0.05, 0.1) is 0 Å². The Bertz CT molecular complexity index is 606. The van der Waals surface area contributed by atoms with E-state index in [1.165, 1.54) is 5.56 Å². The van der Waals surface area contributed by atoms with Crippen LogP contribution in [0.1, 0.15) is 25.0 Å². The molecule has 0 fully saturated rings. The van der Waals surface area contributed by atoms with E-state index in [0.29, 0.717) is 6.04 Å². The second-order valence-corrected chi connectivity index (χ2v) is 6.14. The van der Waals surface area contributed by atoms with Crippen LogP contribution in [0, 0.1) is 6.92 Å². The van der Waals surface area contributed by atoms with Gasteiger partial charge in [-0.1, -0.05) is 55.2 Å². The van der Waals surface area contributed by atoms with E-state index < -0.39 is 0 Å². The van der Waals surface area contributed by atoms with Gasteiger partial charge in [0.15, 0.2) is 0 Å². The average molecular weight is 308 g/mol. The zero-order valence-corrected chi connectivity index (χ0v) is 13.5. The first kappa shape index (κ1) is 15.4. The molecule has 1 nitrogen and oxygen atoms in total. The molecule has 0 spiro atoms. The standard InChI is InChI=1S/C17H19Cl2N/c1-11(2)20-10-14-6-7-15(18)9-16(14)13-5-4-12(3)17(19)8-13/h4-9,11,20H,10H2,1-3H3. The van der Waals surface area contributed by atoms with Gasteiger partial charge in [0.25, 0.3) is 0 Å². The lowest BCUT2D eigenvalue weighted by atomic mass is 9.98. The van der Waals surface area contributed by atoms with Gasteiger partial charge in [0, 0.05) is 22.6 Å². The van der Waals surface area contributed by atoms with Gasteiger partial charge in [-0.25, -0.2) is 0 Å². The minimum absolute atomic E-state index is 0.445. The smallest absolute Gasteiger partial charge is 0.0441 e. The molecule has 2 aromatic carbocycles. The van der Waals surface area contributed by atoms with Crippen molar-refractivity contribution in [3.63, 3.8) is 0 Å². The normalized spacial score (nSPS) is 11.1. The summed E-state index contributed by atoms with van der Waals surface area (Å²) in [4.78, 5) is 0. The van der Waals surface area contributed by atoms with Gasteiger partial charge < -0.3 is 5.32 Å². The Labute approximate surface area is 130 Å². The summed E-state index contributed by atoms with van der Waals surface area (Å²) in [5.41, 5.74) is 4.54. The number of halogens is 2. The predicted molar refractivity (Wildman–Crippen MR) is 88.6 cm³/mol. The Morgan fingerprint density at radius 1 is 1.05 bits per heavy atom. The summed E-state index contributed by atoms with van der Waals surface area (Å²) in [7, 11) is 0. The van der Waals surface area contributed by atoms with Crippen molar-refractivity contribution in [2.75, 3.05) is 0 Å². The number of hydrogen-bond acceptors (Lipinski definition) is 1. The van der Waals surface area contributed by atoms with E-state index in [1.54, 1.807) is 0 Å². The molecule has 0 amide bonds. The third-order valence-corrected chi connectivity index (χ3v) is 3.90. The van der Waals surface area contributed by atoms with Crippen LogP contribution in [0.4, 0.5) is 0 Å². The lowest BCUT2D eigenvalue weighted by Crippen LogP contribution is -2.22. The van der Waals surface area contributed by atoms with E-state index in [2.05, 4.69) is 31.3 Å². The molecule has 0 heterocycles. The first-order chi connectivity index (χ1) is 9.47. The van der Waals surface area contributed by atoms with Crippen molar-refractivity contribution in [1.82, 2.24) is 5.32 Å². The van der Waals surface area contributed by atoms with Gasteiger partial charge in [-0.05, 0) is 47.4 Å². The Morgan fingerprint density at radius 2 is 1.80 bits per heavy atom. The molecule has 0 atom stereocenters. The molecule has 20 heavy (non-hydrogen) atoms. The Kier molecular flexibility index (Phi) is 5.09. The third-order valence-electron chi connectivity index (χ3n) is 3.26. The average Bonchev–Trinajstić information content (AvgIpc) is 2.40. The third kappa shape index (κ3) is 3.76. The molecule has 0 aliphatic rings. The van der Waals surface area contributed by atoms with Crippen molar-refractivity contribution in [3.8, 4) is 11.1 Å². The van der Waals surface area contributed by atoms with E-state index in [0.717, 1.165) is 33.3 Å². The minimum atomic E-state index is 0.445. The van der Waals surface area contributed by atoms with Gasteiger partial charge in [-0.2, -0.15) is 0 Å². The quantitative estimate of drug-likeness (QED) is 0.790. The Balaban J connectivity index is 2.42. The zero-order chi connectivity index (χ0) is 14.7. The molecule has 0 saturated carbocycles. The predicted octanol–water partition coefficient (Wildman–Crippen LogP) is 5.47. The zero-order valence-electron chi connectivity index (χ0n) is 12.0. The fraction of sp³-hybridized carbons (Fsp3) is 0.294. The van der Waals surface area contributed by atoms with Crippen molar-refractivity contribution in [1.29, 1.82) is 0 Å². The molecular weight excluding hydrogens is 289 g/mol. The van der Waals surface area contributed by atoms with Crippen LogP contribution in [0.25, 0.3) is 11.1 Å². The maximum Gasteiger partial charge on any atom is 0.0441 e. The van der Waals surface area contributed by atoms with Crippen molar-refractivity contribution < 1.29 is 0 Å². The molecule has 0 aliphatic heterocycles.